The Morgan fingerprint density at radius 1 is 1.21 bits per heavy atom. The number of pyridine rings is 1. The van der Waals surface area contributed by atoms with Gasteiger partial charge in [-0.1, -0.05) is 11.6 Å². The third-order valence-electron chi connectivity index (χ3n) is 4.44. The Hall–Kier alpha value is -2.11. The molecule has 4 rings (SSSR count). The topological polar surface area (TPSA) is 52.0 Å². The molecule has 3 aromatic rings. The molecule has 0 atom stereocenters. The van der Waals surface area contributed by atoms with Gasteiger partial charge in [0.25, 0.3) is 0 Å². The standard InChI is InChI=1S/C18H19ClN4O/c1-11-6-16(17-7-12-10-20-4-3-5-23(12)22-17)21-15-9-14(19)18(24-2)8-13(11)15/h6-9,20H,3-5,10H2,1-2H3. The molecule has 1 aliphatic rings. The summed E-state index contributed by atoms with van der Waals surface area (Å²) in [5.41, 5.74) is 4.98. The average Bonchev–Trinajstić information content (AvgIpc) is 2.85. The lowest BCUT2D eigenvalue weighted by Crippen LogP contribution is -2.11. The van der Waals surface area contributed by atoms with Gasteiger partial charge in [0.15, 0.2) is 0 Å². The van der Waals surface area contributed by atoms with Crippen LogP contribution in [0.15, 0.2) is 24.3 Å². The second-order valence-electron chi connectivity index (χ2n) is 6.10. The third kappa shape index (κ3) is 2.64. The zero-order valence-electron chi connectivity index (χ0n) is 13.8. The molecule has 124 valence electrons. The summed E-state index contributed by atoms with van der Waals surface area (Å²) in [5, 5.41) is 9.77. The molecule has 0 bridgehead atoms. The van der Waals surface area contributed by atoms with Crippen LogP contribution in [0.5, 0.6) is 5.75 Å². The zero-order valence-corrected chi connectivity index (χ0v) is 14.5. The van der Waals surface area contributed by atoms with Crippen LogP contribution in [-0.4, -0.2) is 28.4 Å². The molecule has 6 heteroatoms. The number of hydrogen-bond donors (Lipinski definition) is 1. The van der Waals surface area contributed by atoms with Crippen LogP contribution in [0.25, 0.3) is 22.3 Å². The van der Waals surface area contributed by atoms with Crippen LogP contribution >= 0.6 is 11.6 Å². The van der Waals surface area contributed by atoms with Gasteiger partial charge in [-0.3, -0.25) is 4.68 Å². The number of rotatable bonds is 2. The van der Waals surface area contributed by atoms with Crippen molar-refractivity contribution < 1.29 is 4.74 Å². The van der Waals surface area contributed by atoms with Crippen LogP contribution in [0, 0.1) is 6.92 Å². The molecule has 1 aromatic carbocycles. The normalized spacial score (nSPS) is 14.5. The maximum atomic E-state index is 6.26. The second kappa shape index (κ2) is 6.07. The fourth-order valence-corrected chi connectivity index (χ4v) is 3.41. The minimum Gasteiger partial charge on any atom is -0.495 e. The SMILES string of the molecule is COc1cc2c(C)cc(-c3cc4n(n3)CCCNC4)nc2cc1Cl. The predicted octanol–water partition coefficient (Wildman–Crippen LogP) is 3.56. The highest BCUT2D eigenvalue weighted by molar-refractivity contribution is 6.32. The van der Waals surface area contributed by atoms with E-state index < -0.39 is 0 Å². The molecule has 5 nitrogen and oxygen atoms in total. The van der Waals surface area contributed by atoms with Gasteiger partial charge in [-0.15, -0.1) is 0 Å². The Bertz CT molecular complexity index is 896. The Kier molecular flexibility index (Phi) is 3.90. The molecule has 3 heterocycles. The van der Waals surface area contributed by atoms with E-state index in [-0.39, 0.29) is 0 Å². The molecule has 0 saturated heterocycles. The van der Waals surface area contributed by atoms with Gasteiger partial charge < -0.3 is 10.1 Å². The van der Waals surface area contributed by atoms with Crippen LogP contribution in [-0.2, 0) is 13.1 Å². The molecule has 0 fully saturated rings. The van der Waals surface area contributed by atoms with Gasteiger partial charge in [-0.05, 0) is 49.7 Å². The van der Waals surface area contributed by atoms with Crippen LogP contribution in [0.4, 0.5) is 0 Å². The van der Waals surface area contributed by atoms with Gasteiger partial charge >= 0.3 is 0 Å². The summed E-state index contributed by atoms with van der Waals surface area (Å²) in [6.45, 7) is 4.90. The smallest absolute Gasteiger partial charge is 0.138 e. The van der Waals surface area contributed by atoms with Crippen molar-refractivity contribution >= 4 is 22.5 Å². The predicted molar refractivity (Wildman–Crippen MR) is 95.6 cm³/mol. The number of halogens is 1. The summed E-state index contributed by atoms with van der Waals surface area (Å²) in [6, 6.07) is 7.99. The van der Waals surface area contributed by atoms with Gasteiger partial charge in [0.2, 0.25) is 0 Å². The van der Waals surface area contributed by atoms with Crippen molar-refractivity contribution in [2.24, 2.45) is 0 Å². The Morgan fingerprint density at radius 3 is 2.92 bits per heavy atom. The maximum Gasteiger partial charge on any atom is 0.138 e. The number of aryl methyl sites for hydroxylation is 2. The van der Waals surface area contributed by atoms with Crippen LogP contribution < -0.4 is 10.1 Å². The van der Waals surface area contributed by atoms with Gasteiger partial charge in [0, 0.05) is 18.5 Å². The monoisotopic (exact) mass is 342 g/mol. The molecule has 0 unspecified atom stereocenters. The Labute approximate surface area is 145 Å². The molecular weight excluding hydrogens is 324 g/mol. The van der Waals surface area contributed by atoms with Crippen molar-refractivity contribution in [3.63, 3.8) is 0 Å². The first kappa shape index (κ1) is 15.4. The molecule has 24 heavy (non-hydrogen) atoms. The number of hydrogen-bond acceptors (Lipinski definition) is 4. The molecular formula is C18H19ClN4O. The second-order valence-corrected chi connectivity index (χ2v) is 6.51. The summed E-state index contributed by atoms with van der Waals surface area (Å²) in [6.07, 6.45) is 1.09. The number of nitrogens with one attached hydrogen (secondary N) is 1. The lowest BCUT2D eigenvalue weighted by Gasteiger charge is -2.09. The van der Waals surface area contributed by atoms with E-state index in [9.17, 15) is 0 Å². The molecule has 2 aromatic heterocycles. The summed E-state index contributed by atoms with van der Waals surface area (Å²) in [7, 11) is 1.62. The van der Waals surface area contributed by atoms with Crippen LogP contribution in [0.2, 0.25) is 5.02 Å². The lowest BCUT2D eigenvalue weighted by molar-refractivity contribution is 0.415. The molecule has 0 saturated carbocycles. The number of ether oxygens (including phenoxy) is 1. The van der Waals surface area contributed by atoms with Crippen molar-refractivity contribution in [1.29, 1.82) is 0 Å². The van der Waals surface area contributed by atoms with Crippen molar-refractivity contribution in [3.8, 4) is 17.1 Å². The average molecular weight is 343 g/mol. The summed E-state index contributed by atoms with van der Waals surface area (Å²) < 4.78 is 7.39. The Morgan fingerprint density at radius 2 is 2.08 bits per heavy atom. The first-order chi connectivity index (χ1) is 11.7. The number of methoxy groups -OCH3 is 1. The highest BCUT2D eigenvalue weighted by atomic mass is 35.5. The van der Waals surface area contributed by atoms with Gasteiger partial charge in [-0.2, -0.15) is 5.10 Å². The number of fused-ring (bicyclic) bond motifs is 2. The fraction of sp³-hybridized carbons (Fsp3) is 0.333. The molecule has 0 aliphatic carbocycles. The number of benzene rings is 1. The van der Waals surface area contributed by atoms with Crippen molar-refractivity contribution in [1.82, 2.24) is 20.1 Å². The lowest BCUT2D eigenvalue weighted by atomic mass is 10.1. The zero-order chi connectivity index (χ0) is 16.7. The van der Waals surface area contributed by atoms with E-state index in [1.807, 2.05) is 12.1 Å². The molecule has 0 amide bonds. The molecule has 0 radical (unpaired) electrons. The van der Waals surface area contributed by atoms with Crippen LogP contribution in [0.3, 0.4) is 0 Å². The largest absolute Gasteiger partial charge is 0.495 e. The summed E-state index contributed by atoms with van der Waals surface area (Å²) >= 11 is 6.26. The Balaban J connectivity index is 1.83. The summed E-state index contributed by atoms with van der Waals surface area (Å²) in [5.74, 6) is 0.668. The maximum absolute atomic E-state index is 6.26. The van der Waals surface area contributed by atoms with E-state index in [1.165, 1.54) is 5.69 Å². The highest BCUT2D eigenvalue weighted by Crippen LogP contribution is 2.32. The van der Waals surface area contributed by atoms with E-state index in [0.29, 0.717) is 10.8 Å². The van der Waals surface area contributed by atoms with E-state index in [2.05, 4.69) is 29.1 Å². The fourth-order valence-electron chi connectivity index (χ4n) is 3.17. The van der Waals surface area contributed by atoms with Gasteiger partial charge in [0.05, 0.1) is 29.0 Å². The highest BCUT2D eigenvalue weighted by Gasteiger charge is 2.15. The minimum atomic E-state index is 0.568. The first-order valence-electron chi connectivity index (χ1n) is 8.08. The van der Waals surface area contributed by atoms with Gasteiger partial charge in [0.1, 0.15) is 11.4 Å². The minimum absolute atomic E-state index is 0.568. The van der Waals surface area contributed by atoms with E-state index >= 15 is 0 Å². The molecule has 1 aliphatic heterocycles. The van der Waals surface area contributed by atoms with E-state index in [1.54, 1.807) is 7.11 Å². The van der Waals surface area contributed by atoms with Gasteiger partial charge in [-0.25, -0.2) is 4.98 Å². The van der Waals surface area contributed by atoms with Crippen molar-refractivity contribution in [2.45, 2.75) is 26.4 Å². The van der Waals surface area contributed by atoms with E-state index in [0.717, 1.165) is 53.9 Å². The quantitative estimate of drug-likeness (QED) is 0.773. The molecule has 0 spiro atoms. The third-order valence-corrected chi connectivity index (χ3v) is 4.74. The van der Waals surface area contributed by atoms with Crippen molar-refractivity contribution in [2.75, 3.05) is 13.7 Å². The van der Waals surface area contributed by atoms with Crippen molar-refractivity contribution in [3.05, 3.63) is 40.5 Å². The van der Waals surface area contributed by atoms with E-state index in [4.69, 9.17) is 26.4 Å². The number of aromatic nitrogens is 3. The van der Waals surface area contributed by atoms with Crippen LogP contribution in [0.1, 0.15) is 17.7 Å². The first-order valence-corrected chi connectivity index (χ1v) is 8.46. The molecule has 1 N–H and O–H groups in total. The summed E-state index contributed by atoms with van der Waals surface area (Å²) in [4.78, 5) is 4.77. The number of nitrogens with zero attached hydrogens (tertiary/aromatic N) is 3.